The van der Waals surface area contributed by atoms with E-state index in [0.29, 0.717) is 17.8 Å². The summed E-state index contributed by atoms with van der Waals surface area (Å²) in [6, 6.07) is 5.49. The van der Waals surface area contributed by atoms with Crippen molar-refractivity contribution in [2.45, 2.75) is 11.0 Å². The number of aromatic carboxylic acids is 1. The third-order valence-corrected chi connectivity index (χ3v) is 4.10. The van der Waals surface area contributed by atoms with Gasteiger partial charge < -0.3 is 20.1 Å². The zero-order chi connectivity index (χ0) is 14.5. The molecule has 1 aliphatic rings. The average molecular weight is 296 g/mol. The number of ether oxygens (including phenoxy) is 1. The Morgan fingerprint density at radius 3 is 3.05 bits per heavy atom. The number of nitrogens with zero attached hydrogens (tertiary/aromatic N) is 1. The predicted octanol–water partition coefficient (Wildman–Crippen LogP) is 1.85. The third-order valence-electron chi connectivity index (χ3n) is 3.32. The first kappa shape index (κ1) is 15.2. The van der Waals surface area contributed by atoms with E-state index in [-0.39, 0.29) is 6.10 Å². The number of benzene rings is 1. The molecule has 1 heterocycles. The molecule has 1 aliphatic heterocycles. The summed E-state index contributed by atoms with van der Waals surface area (Å²) in [6.07, 6.45) is 1.97. The molecule has 2 rings (SSSR count). The van der Waals surface area contributed by atoms with E-state index in [1.54, 1.807) is 6.07 Å². The van der Waals surface area contributed by atoms with Crippen molar-refractivity contribution in [3.63, 3.8) is 0 Å². The van der Waals surface area contributed by atoms with Gasteiger partial charge in [0.25, 0.3) is 0 Å². The molecule has 6 heteroatoms. The van der Waals surface area contributed by atoms with E-state index < -0.39 is 5.97 Å². The highest BCUT2D eigenvalue weighted by Crippen LogP contribution is 2.27. The molecule has 0 bridgehead atoms. The van der Waals surface area contributed by atoms with Gasteiger partial charge in [0.15, 0.2) is 0 Å². The Balaban J connectivity index is 2.07. The maximum Gasteiger partial charge on any atom is 0.338 e. The number of hydrogen-bond donors (Lipinski definition) is 2. The van der Waals surface area contributed by atoms with Crippen LogP contribution in [0.2, 0.25) is 0 Å². The molecule has 0 radical (unpaired) electrons. The lowest BCUT2D eigenvalue weighted by Crippen LogP contribution is -2.43. The van der Waals surface area contributed by atoms with Crippen LogP contribution in [-0.4, -0.2) is 61.6 Å². The fourth-order valence-electron chi connectivity index (χ4n) is 2.28. The van der Waals surface area contributed by atoms with Crippen molar-refractivity contribution in [1.82, 2.24) is 4.90 Å². The number of likely N-dealkylation sites (N-methyl/N-ethyl adjacent to an activating group) is 1. The highest BCUT2D eigenvalue weighted by atomic mass is 32.2. The number of rotatable bonds is 5. The van der Waals surface area contributed by atoms with Crippen molar-refractivity contribution in [3.05, 3.63) is 23.8 Å². The number of morpholine rings is 1. The second-order valence-corrected chi connectivity index (χ2v) is 5.67. The van der Waals surface area contributed by atoms with Gasteiger partial charge in [0.1, 0.15) is 0 Å². The number of hydrogen-bond acceptors (Lipinski definition) is 5. The van der Waals surface area contributed by atoms with E-state index in [1.807, 2.05) is 18.4 Å². The molecule has 0 spiro atoms. The number of anilines is 1. The van der Waals surface area contributed by atoms with Gasteiger partial charge in [0.05, 0.1) is 18.3 Å². The Kier molecular flexibility index (Phi) is 5.28. The molecule has 0 amide bonds. The number of carbonyl (C=O) groups is 1. The van der Waals surface area contributed by atoms with Gasteiger partial charge in [0.2, 0.25) is 0 Å². The van der Waals surface area contributed by atoms with Crippen LogP contribution < -0.4 is 5.32 Å². The normalized spacial score (nSPS) is 19.8. The Morgan fingerprint density at radius 1 is 1.60 bits per heavy atom. The smallest absolute Gasteiger partial charge is 0.338 e. The van der Waals surface area contributed by atoms with Crippen molar-refractivity contribution >= 4 is 23.4 Å². The number of carboxylic acid groups (broad SMARTS) is 1. The first-order chi connectivity index (χ1) is 9.61. The Morgan fingerprint density at radius 2 is 2.40 bits per heavy atom. The van der Waals surface area contributed by atoms with Crippen molar-refractivity contribution in [3.8, 4) is 0 Å². The van der Waals surface area contributed by atoms with E-state index in [0.717, 1.165) is 24.6 Å². The summed E-state index contributed by atoms with van der Waals surface area (Å²) in [4.78, 5) is 14.4. The lowest BCUT2D eigenvalue weighted by atomic mass is 10.1. The molecule has 2 N–H and O–H groups in total. The standard InChI is InChI=1S/C14H20N2O3S/c1-16-6-7-19-10(9-16)8-15-11-4-3-5-12(20-2)13(11)14(17)18/h3-5,10,15H,6-9H2,1-2H3,(H,17,18). The molecule has 110 valence electrons. The molecule has 0 aliphatic carbocycles. The zero-order valence-electron chi connectivity index (χ0n) is 11.8. The Bertz CT molecular complexity index is 481. The van der Waals surface area contributed by atoms with Crippen LogP contribution in [0.4, 0.5) is 5.69 Å². The number of nitrogens with one attached hydrogen (secondary N) is 1. The summed E-state index contributed by atoms with van der Waals surface area (Å²) in [7, 11) is 2.06. The van der Waals surface area contributed by atoms with Gasteiger partial charge in [-0.1, -0.05) is 6.07 Å². The van der Waals surface area contributed by atoms with E-state index >= 15 is 0 Å². The van der Waals surface area contributed by atoms with Crippen LogP contribution in [0.15, 0.2) is 23.1 Å². The first-order valence-corrected chi connectivity index (χ1v) is 7.78. The van der Waals surface area contributed by atoms with Crippen LogP contribution in [0.3, 0.4) is 0 Å². The zero-order valence-corrected chi connectivity index (χ0v) is 12.6. The van der Waals surface area contributed by atoms with Gasteiger partial charge in [-0.2, -0.15) is 0 Å². The monoisotopic (exact) mass is 296 g/mol. The predicted molar refractivity (Wildman–Crippen MR) is 80.9 cm³/mol. The van der Waals surface area contributed by atoms with Gasteiger partial charge in [-0.3, -0.25) is 0 Å². The van der Waals surface area contributed by atoms with Gasteiger partial charge in [-0.25, -0.2) is 4.79 Å². The second kappa shape index (κ2) is 6.97. The Hall–Kier alpha value is -1.24. The second-order valence-electron chi connectivity index (χ2n) is 4.82. The summed E-state index contributed by atoms with van der Waals surface area (Å²) in [5, 5.41) is 12.6. The third kappa shape index (κ3) is 3.65. The maximum absolute atomic E-state index is 11.4. The van der Waals surface area contributed by atoms with Crippen LogP contribution in [0.1, 0.15) is 10.4 Å². The molecule has 1 aromatic carbocycles. The van der Waals surface area contributed by atoms with E-state index in [2.05, 4.69) is 17.3 Å². The molecule has 1 unspecified atom stereocenters. The van der Waals surface area contributed by atoms with Gasteiger partial charge in [0, 0.05) is 30.2 Å². The van der Waals surface area contributed by atoms with Gasteiger partial charge in [-0.05, 0) is 25.4 Å². The van der Waals surface area contributed by atoms with Crippen LogP contribution in [-0.2, 0) is 4.74 Å². The molecule has 20 heavy (non-hydrogen) atoms. The fraction of sp³-hybridized carbons (Fsp3) is 0.500. The highest BCUT2D eigenvalue weighted by Gasteiger charge is 2.19. The van der Waals surface area contributed by atoms with Crippen molar-refractivity contribution < 1.29 is 14.6 Å². The SMILES string of the molecule is CSc1cccc(NCC2CN(C)CCO2)c1C(=O)O. The van der Waals surface area contributed by atoms with Crippen LogP contribution >= 0.6 is 11.8 Å². The van der Waals surface area contributed by atoms with Crippen molar-refractivity contribution in [2.24, 2.45) is 0 Å². The van der Waals surface area contributed by atoms with Crippen LogP contribution in [0, 0.1) is 0 Å². The van der Waals surface area contributed by atoms with E-state index in [1.165, 1.54) is 11.8 Å². The summed E-state index contributed by atoms with van der Waals surface area (Å²) in [5.41, 5.74) is 0.991. The molecular weight excluding hydrogens is 276 g/mol. The molecule has 1 atom stereocenters. The van der Waals surface area contributed by atoms with Crippen molar-refractivity contribution in [2.75, 3.05) is 44.9 Å². The van der Waals surface area contributed by atoms with E-state index in [9.17, 15) is 9.90 Å². The minimum atomic E-state index is -0.904. The van der Waals surface area contributed by atoms with Gasteiger partial charge in [-0.15, -0.1) is 11.8 Å². The molecule has 1 fully saturated rings. The minimum Gasteiger partial charge on any atom is -0.478 e. The summed E-state index contributed by atoms with van der Waals surface area (Å²) in [6.45, 7) is 3.14. The summed E-state index contributed by atoms with van der Waals surface area (Å²) >= 11 is 1.44. The van der Waals surface area contributed by atoms with E-state index in [4.69, 9.17) is 4.74 Å². The first-order valence-electron chi connectivity index (χ1n) is 6.56. The number of thioether (sulfide) groups is 1. The molecule has 5 nitrogen and oxygen atoms in total. The van der Waals surface area contributed by atoms with Crippen molar-refractivity contribution in [1.29, 1.82) is 0 Å². The summed E-state index contributed by atoms with van der Waals surface area (Å²) in [5.74, 6) is -0.904. The quantitative estimate of drug-likeness (QED) is 0.809. The average Bonchev–Trinajstić information content (AvgIpc) is 2.44. The fourth-order valence-corrected chi connectivity index (χ4v) is 2.90. The summed E-state index contributed by atoms with van der Waals surface area (Å²) < 4.78 is 5.67. The maximum atomic E-state index is 11.4. The number of carboxylic acids is 1. The minimum absolute atomic E-state index is 0.0910. The molecule has 0 saturated carbocycles. The lowest BCUT2D eigenvalue weighted by Gasteiger charge is -2.30. The molecule has 1 aromatic rings. The Labute approximate surface area is 123 Å². The molecule has 1 saturated heterocycles. The van der Waals surface area contributed by atoms with Crippen LogP contribution in [0.5, 0.6) is 0 Å². The van der Waals surface area contributed by atoms with Gasteiger partial charge >= 0.3 is 5.97 Å². The van der Waals surface area contributed by atoms with Crippen LogP contribution in [0.25, 0.3) is 0 Å². The lowest BCUT2D eigenvalue weighted by molar-refractivity contribution is -0.0117. The highest BCUT2D eigenvalue weighted by molar-refractivity contribution is 7.98. The largest absolute Gasteiger partial charge is 0.478 e. The topological polar surface area (TPSA) is 61.8 Å². The molecular formula is C14H20N2O3S. The molecule has 0 aromatic heterocycles.